The van der Waals surface area contributed by atoms with Crippen molar-refractivity contribution >= 4 is 15.9 Å². The van der Waals surface area contributed by atoms with E-state index in [2.05, 4.69) is 41.1 Å². The van der Waals surface area contributed by atoms with Crippen LogP contribution in [0.25, 0.3) is 0 Å². The highest BCUT2D eigenvalue weighted by molar-refractivity contribution is 9.10. The molecule has 0 radical (unpaired) electrons. The van der Waals surface area contributed by atoms with E-state index in [1.807, 2.05) is 0 Å². The highest BCUT2D eigenvalue weighted by Crippen LogP contribution is 2.41. The second kappa shape index (κ2) is 5.22. The molecule has 2 unspecified atom stereocenters. The summed E-state index contributed by atoms with van der Waals surface area (Å²) in [5.41, 5.74) is 1.39. The molecule has 1 fully saturated rings. The van der Waals surface area contributed by atoms with Gasteiger partial charge in [0.1, 0.15) is 5.75 Å². The lowest BCUT2D eigenvalue weighted by molar-refractivity contribution is 0.318. The predicted molar refractivity (Wildman–Crippen MR) is 71.1 cm³/mol. The van der Waals surface area contributed by atoms with Gasteiger partial charge in [-0.3, -0.25) is 0 Å². The smallest absolute Gasteiger partial charge is 0.123 e. The van der Waals surface area contributed by atoms with E-state index in [9.17, 15) is 0 Å². The fraction of sp³-hybridized carbons (Fsp3) is 0.571. The molecule has 0 N–H and O–H groups in total. The van der Waals surface area contributed by atoms with Crippen LogP contribution in [0.1, 0.15) is 44.1 Å². The van der Waals surface area contributed by atoms with Gasteiger partial charge in [-0.2, -0.15) is 0 Å². The Balaban J connectivity index is 2.30. The van der Waals surface area contributed by atoms with Crippen molar-refractivity contribution in [3.8, 4) is 5.75 Å². The predicted octanol–water partition coefficient (Wildman–Crippen LogP) is 4.75. The summed E-state index contributed by atoms with van der Waals surface area (Å²) < 4.78 is 6.59. The third-order valence-corrected chi connectivity index (χ3v) is 4.20. The Morgan fingerprint density at radius 3 is 2.69 bits per heavy atom. The normalized spacial score (nSPS) is 25.4. The van der Waals surface area contributed by atoms with Crippen LogP contribution in [0.4, 0.5) is 0 Å². The maximum Gasteiger partial charge on any atom is 0.123 e. The Morgan fingerprint density at radius 2 is 2.00 bits per heavy atom. The molecule has 88 valence electrons. The first-order valence-corrected chi connectivity index (χ1v) is 6.85. The van der Waals surface area contributed by atoms with Gasteiger partial charge in [-0.25, -0.2) is 0 Å². The van der Waals surface area contributed by atoms with Gasteiger partial charge in [0, 0.05) is 4.47 Å². The van der Waals surface area contributed by atoms with Gasteiger partial charge >= 0.3 is 0 Å². The number of ether oxygens (including phenoxy) is 1. The molecule has 0 spiro atoms. The number of methoxy groups -OCH3 is 1. The number of rotatable bonds is 2. The van der Waals surface area contributed by atoms with Crippen molar-refractivity contribution in [3.05, 3.63) is 28.2 Å². The highest BCUT2D eigenvalue weighted by atomic mass is 79.9. The molecule has 0 amide bonds. The van der Waals surface area contributed by atoms with E-state index in [-0.39, 0.29) is 0 Å². The van der Waals surface area contributed by atoms with Gasteiger partial charge in [-0.05, 0) is 36.0 Å². The zero-order valence-electron chi connectivity index (χ0n) is 10.0. The average molecular weight is 283 g/mol. The molecule has 2 atom stereocenters. The van der Waals surface area contributed by atoms with E-state index < -0.39 is 0 Å². The van der Waals surface area contributed by atoms with Crippen molar-refractivity contribution in [1.82, 2.24) is 0 Å². The molecule has 0 bridgehead atoms. The van der Waals surface area contributed by atoms with E-state index in [0.29, 0.717) is 5.92 Å². The zero-order chi connectivity index (χ0) is 11.5. The van der Waals surface area contributed by atoms with Crippen LogP contribution in [-0.4, -0.2) is 7.11 Å². The Labute approximate surface area is 106 Å². The largest absolute Gasteiger partial charge is 0.496 e. The van der Waals surface area contributed by atoms with Crippen LogP contribution in [0.5, 0.6) is 5.75 Å². The molecule has 1 aliphatic rings. The van der Waals surface area contributed by atoms with Gasteiger partial charge in [0.05, 0.1) is 7.11 Å². The van der Waals surface area contributed by atoms with Crippen molar-refractivity contribution in [3.63, 3.8) is 0 Å². The Morgan fingerprint density at radius 1 is 1.25 bits per heavy atom. The van der Waals surface area contributed by atoms with E-state index in [1.54, 1.807) is 7.11 Å². The summed E-state index contributed by atoms with van der Waals surface area (Å²) in [6.45, 7) is 2.37. The van der Waals surface area contributed by atoms with Gasteiger partial charge in [0.25, 0.3) is 0 Å². The van der Waals surface area contributed by atoms with Crippen LogP contribution in [0, 0.1) is 5.92 Å². The fourth-order valence-electron chi connectivity index (χ4n) is 2.77. The number of benzene rings is 1. The lowest BCUT2D eigenvalue weighted by Gasteiger charge is -2.30. The summed E-state index contributed by atoms with van der Waals surface area (Å²) in [5, 5.41) is 0. The average Bonchev–Trinajstić information content (AvgIpc) is 2.30. The van der Waals surface area contributed by atoms with Crippen molar-refractivity contribution in [2.24, 2.45) is 5.92 Å². The lowest BCUT2D eigenvalue weighted by atomic mass is 9.76. The molecule has 0 aromatic heterocycles. The van der Waals surface area contributed by atoms with E-state index in [4.69, 9.17) is 4.74 Å². The van der Waals surface area contributed by atoms with Gasteiger partial charge < -0.3 is 4.74 Å². The standard InChI is InChI=1S/C14H19BrO/c1-10-5-3-4-6-12(10)13-8-7-11(15)9-14(13)16-2/h7-10,12H,3-6H2,1-2H3. The third-order valence-electron chi connectivity index (χ3n) is 3.71. The molecule has 1 aromatic carbocycles. The minimum absolute atomic E-state index is 0.678. The molecule has 16 heavy (non-hydrogen) atoms. The zero-order valence-corrected chi connectivity index (χ0v) is 11.6. The quantitative estimate of drug-likeness (QED) is 0.761. The van der Waals surface area contributed by atoms with E-state index in [0.717, 1.165) is 16.1 Å². The Bertz CT molecular complexity index is 362. The number of hydrogen-bond acceptors (Lipinski definition) is 1. The summed E-state index contributed by atoms with van der Waals surface area (Å²) in [7, 11) is 1.76. The van der Waals surface area contributed by atoms with Crippen molar-refractivity contribution in [1.29, 1.82) is 0 Å². The van der Waals surface area contributed by atoms with Gasteiger partial charge in [-0.1, -0.05) is 48.2 Å². The van der Waals surface area contributed by atoms with Crippen molar-refractivity contribution in [2.45, 2.75) is 38.5 Å². The third kappa shape index (κ3) is 2.42. The van der Waals surface area contributed by atoms with Crippen molar-refractivity contribution in [2.75, 3.05) is 7.11 Å². The SMILES string of the molecule is COc1cc(Br)ccc1C1CCCCC1C. The minimum atomic E-state index is 0.678. The molecule has 1 saturated carbocycles. The van der Waals surface area contributed by atoms with Crippen LogP contribution in [0.15, 0.2) is 22.7 Å². The Hall–Kier alpha value is -0.500. The fourth-order valence-corrected chi connectivity index (χ4v) is 3.11. The minimum Gasteiger partial charge on any atom is -0.496 e. The second-order valence-corrected chi connectivity index (χ2v) is 5.67. The number of hydrogen-bond donors (Lipinski definition) is 0. The molecule has 0 heterocycles. The Kier molecular flexibility index (Phi) is 3.91. The maximum atomic E-state index is 5.50. The highest BCUT2D eigenvalue weighted by Gasteiger charge is 2.25. The number of halogens is 1. The first-order chi connectivity index (χ1) is 7.72. The van der Waals surface area contributed by atoms with Crippen LogP contribution >= 0.6 is 15.9 Å². The molecule has 0 aliphatic heterocycles. The monoisotopic (exact) mass is 282 g/mol. The first-order valence-electron chi connectivity index (χ1n) is 6.06. The van der Waals surface area contributed by atoms with Crippen LogP contribution in [0.2, 0.25) is 0 Å². The van der Waals surface area contributed by atoms with Crippen molar-refractivity contribution < 1.29 is 4.74 Å². The maximum absolute atomic E-state index is 5.50. The summed E-state index contributed by atoms with van der Waals surface area (Å²) in [6, 6.07) is 6.42. The summed E-state index contributed by atoms with van der Waals surface area (Å²) in [5.74, 6) is 2.49. The summed E-state index contributed by atoms with van der Waals surface area (Å²) in [6.07, 6.45) is 5.40. The topological polar surface area (TPSA) is 9.23 Å². The molecule has 1 nitrogen and oxygen atoms in total. The van der Waals surface area contributed by atoms with Crippen LogP contribution < -0.4 is 4.74 Å². The molecular formula is C14H19BrO. The van der Waals surface area contributed by atoms with Gasteiger partial charge in [0.15, 0.2) is 0 Å². The first kappa shape index (κ1) is 12.0. The van der Waals surface area contributed by atoms with Crippen LogP contribution in [0.3, 0.4) is 0 Å². The molecule has 1 aromatic rings. The molecule has 0 saturated heterocycles. The van der Waals surface area contributed by atoms with E-state index >= 15 is 0 Å². The van der Waals surface area contributed by atoms with Gasteiger partial charge in [-0.15, -0.1) is 0 Å². The summed E-state index contributed by atoms with van der Waals surface area (Å²) in [4.78, 5) is 0. The van der Waals surface area contributed by atoms with Gasteiger partial charge in [0.2, 0.25) is 0 Å². The molecule has 2 rings (SSSR count). The molecular weight excluding hydrogens is 264 g/mol. The molecule has 2 heteroatoms. The lowest BCUT2D eigenvalue weighted by Crippen LogP contribution is -2.15. The second-order valence-electron chi connectivity index (χ2n) is 4.75. The van der Waals surface area contributed by atoms with E-state index in [1.165, 1.54) is 31.2 Å². The summed E-state index contributed by atoms with van der Waals surface area (Å²) >= 11 is 3.50. The molecule has 1 aliphatic carbocycles. The van der Waals surface area contributed by atoms with Crippen LogP contribution in [-0.2, 0) is 0 Å².